The van der Waals surface area contributed by atoms with Gasteiger partial charge in [0.25, 0.3) is 5.91 Å². The molecule has 1 saturated heterocycles. The van der Waals surface area contributed by atoms with Gasteiger partial charge in [-0.3, -0.25) is 14.7 Å². The SMILES string of the molecule is CC1CN(c2ccccc2Cl)C(=O)CN1C(=O)c1n[nH]c2ccccc12. The number of carbonyl (C=O) groups excluding carboxylic acids is 2. The zero-order valence-corrected chi connectivity index (χ0v) is 14.9. The molecule has 26 heavy (non-hydrogen) atoms. The third-order valence-corrected chi connectivity index (χ3v) is 4.98. The lowest BCUT2D eigenvalue weighted by Gasteiger charge is -2.39. The van der Waals surface area contributed by atoms with Crippen molar-refractivity contribution in [2.75, 3.05) is 18.0 Å². The van der Waals surface area contributed by atoms with E-state index in [1.807, 2.05) is 49.4 Å². The Balaban J connectivity index is 1.61. The summed E-state index contributed by atoms with van der Waals surface area (Å²) in [5.41, 5.74) is 1.80. The summed E-state index contributed by atoms with van der Waals surface area (Å²) in [6.07, 6.45) is 0. The molecule has 1 aliphatic heterocycles. The molecule has 0 aliphatic carbocycles. The number of aromatic amines is 1. The number of hydrogen-bond acceptors (Lipinski definition) is 3. The molecule has 3 aromatic rings. The average Bonchev–Trinajstić information content (AvgIpc) is 3.07. The third kappa shape index (κ3) is 2.72. The number of nitrogens with zero attached hydrogens (tertiary/aromatic N) is 3. The van der Waals surface area contributed by atoms with E-state index >= 15 is 0 Å². The molecule has 132 valence electrons. The Bertz CT molecular complexity index is 1000. The highest BCUT2D eigenvalue weighted by Crippen LogP contribution is 2.28. The molecule has 1 N–H and O–H groups in total. The van der Waals surface area contributed by atoms with Gasteiger partial charge in [0.15, 0.2) is 5.69 Å². The minimum atomic E-state index is -0.248. The van der Waals surface area contributed by atoms with Gasteiger partial charge in [-0.2, -0.15) is 5.10 Å². The van der Waals surface area contributed by atoms with E-state index in [1.54, 1.807) is 15.9 Å². The highest BCUT2D eigenvalue weighted by molar-refractivity contribution is 6.33. The van der Waals surface area contributed by atoms with Crippen LogP contribution in [0, 0.1) is 0 Å². The fourth-order valence-corrected chi connectivity index (χ4v) is 3.53. The summed E-state index contributed by atoms with van der Waals surface area (Å²) in [6.45, 7) is 2.30. The highest BCUT2D eigenvalue weighted by atomic mass is 35.5. The molecule has 6 nitrogen and oxygen atoms in total. The standard InChI is InChI=1S/C19H17ClN4O2/c1-12-10-24(16-9-5-3-7-14(16)20)17(25)11-23(12)19(26)18-13-6-2-4-8-15(13)21-22-18/h2-9,12H,10-11H2,1H3,(H,21,22). The highest BCUT2D eigenvalue weighted by Gasteiger charge is 2.35. The number of H-pyrrole nitrogens is 1. The van der Waals surface area contributed by atoms with Crippen LogP contribution >= 0.6 is 11.6 Å². The maximum atomic E-state index is 13.0. The second-order valence-electron chi connectivity index (χ2n) is 6.36. The zero-order valence-electron chi connectivity index (χ0n) is 14.1. The fraction of sp³-hybridized carbons (Fsp3) is 0.211. The summed E-state index contributed by atoms with van der Waals surface area (Å²) >= 11 is 6.23. The molecule has 1 unspecified atom stereocenters. The molecule has 7 heteroatoms. The van der Waals surface area contributed by atoms with Crippen molar-refractivity contribution >= 4 is 40.0 Å². The summed E-state index contributed by atoms with van der Waals surface area (Å²) < 4.78 is 0. The molecule has 2 aromatic carbocycles. The molecule has 4 rings (SSSR count). The second kappa shape index (κ2) is 6.46. The molecular formula is C19H17ClN4O2. The van der Waals surface area contributed by atoms with Gasteiger partial charge in [0.2, 0.25) is 5.91 Å². The number of aromatic nitrogens is 2. The first-order valence-electron chi connectivity index (χ1n) is 8.35. The smallest absolute Gasteiger partial charge is 0.275 e. The van der Waals surface area contributed by atoms with Gasteiger partial charge in [0.1, 0.15) is 6.54 Å². The maximum absolute atomic E-state index is 13.0. The topological polar surface area (TPSA) is 69.3 Å². The molecule has 0 spiro atoms. The quantitative estimate of drug-likeness (QED) is 0.755. The molecule has 1 atom stereocenters. The Kier molecular flexibility index (Phi) is 4.12. The Morgan fingerprint density at radius 1 is 1.19 bits per heavy atom. The molecule has 1 aromatic heterocycles. The van der Waals surface area contributed by atoms with Crippen molar-refractivity contribution < 1.29 is 9.59 Å². The average molecular weight is 369 g/mol. The van der Waals surface area contributed by atoms with E-state index < -0.39 is 0 Å². The number of fused-ring (bicyclic) bond motifs is 1. The normalized spacial score (nSPS) is 17.8. The van der Waals surface area contributed by atoms with E-state index in [0.29, 0.717) is 22.9 Å². The van der Waals surface area contributed by atoms with Gasteiger partial charge >= 0.3 is 0 Å². The molecule has 1 fully saturated rings. The van der Waals surface area contributed by atoms with E-state index in [-0.39, 0.29) is 24.4 Å². The molecule has 0 saturated carbocycles. The largest absolute Gasteiger partial charge is 0.323 e. The van der Waals surface area contributed by atoms with E-state index in [2.05, 4.69) is 10.2 Å². The van der Waals surface area contributed by atoms with Crippen molar-refractivity contribution in [1.29, 1.82) is 0 Å². The molecule has 2 amide bonds. The Hall–Kier alpha value is -2.86. The first-order valence-corrected chi connectivity index (χ1v) is 8.73. The van der Waals surface area contributed by atoms with Crippen molar-refractivity contribution in [2.45, 2.75) is 13.0 Å². The van der Waals surface area contributed by atoms with Crippen molar-refractivity contribution in [3.63, 3.8) is 0 Å². The van der Waals surface area contributed by atoms with E-state index in [0.717, 1.165) is 10.9 Å². The Morgan fingerprint density at radius 3 is 2.73 bits per heavy atom. The van der Waals surface area contributed by atoms with Gasteiger partial charge in [-0.25, -0.2) is 0 Å². The first-order chi connectivity index (χ1) is 12.6. The van der Waals surface area contributed by atoms with Gasteiger partial charge in [-0.15, -0.1) is 0 Å². The predicted molar refractivity (Wildman–Crippen MR) is 100 cm³/mol. The van der Waals surface area contributed by atoms with Crippen LogP contribution in [-0.2, 0) is 4.79 Å². The van der Waals surface area contributed by atoms with Crippen LogP contribution in [0.5, 0.6) is 0 Å². The van der Waals surface area contributed by atoms with Crippen molar-refractivity contribution in [2.24, 2.45) is 0 Å². The molecule has 0 radical (unpaired) electrons. The molecule has 1 aliphatic rings. The van der Waals surface area contributed by atoms with Crippen LogP contribution in [0.3, 0.4) is 0 Å². The van der Waals surface area contributed by atoms with Crippen LogP contribution in [0.1, 0.15) is 17.4 Å². The summed E-state index contributed by atoms with van der Waals surface area (Å²) in [6, 6.07) is 14.5. The number of piperazine rings is 1. The lowest BCUT2D eigenvalue weighted by atomic mass is 10.1. The Labute approximate surface area is 155 Å². The summed E-state index contributed by atoms with van der Waals surface area (Å²) in [4.78, 5) is 28.9. The van der Waals surface area contributed by atoms with Crippen molar-refractivity contribution in [3.8, 4) is 0 Å². The monoisotopic (exact) mass is 368 g/mol. The van der Waals surface area contributed by atoms with Crippen LogP contribution in [0.15, 0.2) is 48.5 Å². The van der Waals surface area contributed by atoms with Gasteiger partial charge in [-0.05, 0) is 25.1 Å². The van der Waals surface area contributed by atoms with Gasteiger partial charge in [0, 0.05) is 18.0 Å². The van der Waals surface area contributed by atoms with Crippen molar-refractivity contribution in [1.82, 2.24) is 15.1 Å². The summed E-state index contributed by atoms with van der Waals surface area (Å²) in [7, 11) is 0. The minimum absolute atomic E-state index is 0.00753. The van der Waals surface area contributed by atoms with Gasteiger partial charge in [0.05, 0.1) is 16.2 Å². The first kappa shape index (κ1) is 16.6. The number of para-hydroxylation sites is 2. The van der Waals surface area contributed by atoms with Gasteiger partial charge < -0.3 is 9.80 Å². The number of amides is 2. The van der Waals surface area contributed by atoms with Crippen LogP contribution in [0.4, 0.5) is 5.69 Å². The van der Waals surface area contributed by atoms with Gasteiger partial charge in [-0.1, -0.05) is 41.9 Å². The molecular weight excluding hydrogens is 352 g/mol. The number of carbonyl (C=O) groups is 2. The summed E-state index contributed by atoms with van der Waals surface area (Å²) in [5.74, 6) is -0.411. The molecule has 2 heterocycles. The summed E-state index contributed by atoms with van der Waals surface area (Å²) in [5, 5.41) is 8.30. The minimum Gasteiger partial charge on any atom is -0.323 e. The number of halogens is 1. The van der Waals surface area contributed by atoms with E-state index in [4.69, 9.17) is 11.6 Å². The fourth-order valence-electron chi connectivity index (χ4n) is 3.29. The lowest BCUT2D eigenvalue weighted by Crippen LogP contribution is -2.57. The number of nitrogens with one attached hydrogen (secondary N) is 1. The van der Waals surface area contributed by atoms with E-state index in [9.17, 15) is 9.59 Å². The number of anilines is 1. The lowest BCUT2D eigenvalue weighted by molar-refractivity contribution is -0.121. The Morgan fingerprint density at radius 2 is 1.92 bits per heavy atom. The zero-order chi connectivity index (χ0) is 18.3. The van der Waals surface area contributed by atoms with Crippen LogP contribution in [0.25, 0.3) is 10.9 Å². The maximum Gasteiger partial charge on any atom is 0.275 e. The van der Waals surface area contributed by atoms with Crippen LogP contribution < -0.4 is 4.90 Å². The van der Waals surface area contributed by atoms with E-state index in [1.165, 1.54) is 0 Å². The number of benzene rings is 2. The number of rotatable bonds is 2. The van der Waals surface area contributed by atoms with Crippen molar-refractivity contribution in [3.05, 3.63) is 59.2 Å². The third-order valence-electron chi connectivity index (χ3n) is 4.66. The van der Waals surface area contributed by atoms with Crippen LogP contribution in [0.2, 0.25) is 5.02 Å². The molecule has 0 bridgehead atoms. The number of hydrogen-bond donors (Lipinski definition) is 1. The second-order valence-corrected chi connectivity index (χ2v) is 6.76. The predicted octanol–water partition coefficient (Wildman–Crippen LogP) is 3.09. The van der Waals surface area contributed by atoms with Crippen LogP contribution in [-0.4, -0.2) is 46.0 Å².